The van der Waals surface area contributed by atoms with Crippen LogP contribution in [0.25, 0.3) is 5.65 Å². The number of Topliss-reactive ketones (excluding diaryl/α,β-unsaturated/α-hetero) is 1. The molecule has 2 rings (SSSR count). The maximum atomic E-state index is 11.4. The highest BCUT2D eigenvalue weighted by molar-refractivity contribution is 9.10. The van der Waals surface area contributed by atoms with Gasteiger partial charge < -0.3 is 0 Å². The number of rotatable bonds is 1. The minimum Gasteiger partial charge on any atom is -0.293 e. The number of nitrogens with zero attached hydrogens (tertiary/aromatic N) is 3. The third-order valence-electron chi connectivity index (χ3n) is 1.99. The first kappa shape index (κ1) is 9.33. The summed E-state index contributed by atoms with van der Waals surface area (Å²) in [5.41, 5.74) is 2.04. The molecule has 0 radical (unpaired) electrons. The van der Waals surface area contributed by atoms with Crippen molar-refractivity contribution in [2.75, 3.05) is 0 Å². The van der Waals surface area contributed by atoms with Gasteiger partial charge in [0.1, 0.15) is 10.3 Å². The predicted molar refractivity (Wildman–Crippen MR) is 55.4 cm³/mol. The molecule has 0 aliphatic heterocycles. The number of aromatic nitrogens is 3. The van der Waals surface area contributed by atoms with Gasteiger partial charge in [-0.3, -0.25) is 9.20 Å². The smallest absolute Gasteiger partial charge is 0.178 e. The summed E-state index contributed by atoms with van der Waals surface area (Å²) in [5.74, 6) is 0.00750. The fourth-order valence-corrected chi connectivity index (χ4v) is 1.78. The number of halogens is 1. The lowest BCUT2D eigenvalue weighted by molar-refractivity contribution is 0.101. The van der Waals surface area contributed by atoms with Gasteiger partial charge in [-0.25, -0.2) is 9.97 Å². The zero-order valence-corrected chi connectivity index (χ0v) is 9.37. The van der Waals surface area contributed by atoms with Gasteiger partial charge >= 0.3 is 0 Å². The van der Waals surface area contributed by atoms with Gasteiger partial charge in [0.2, 0.25) is 0 Å². The van der Waals surface area contributed by atoms with Crippen LogP contribution < -0.4 is 0 Å². The van der Waals surface area contributed by atoms with E-state index in [2.05, 4.69) is 25.9 Å². The molecule has 0 N–H and O–H groups in total. The van der Waals surface area contributed by atoms with Crippen LogP contribution in [0.2, 0.25) is 0 Å². The molecule has 0 saturated carbocycles. The third-order valence-corrected chi connectivity index (χ3v) is 2.39. The highest BCUT2D eigenvalue weighted by Crippen LogP contribution is 2.14. The summed E-state index contributed by atoms with van der Waals surface area (Å²) in [6.07, 6.45) is 3.37. The van der Waals surface area contributed by atoms with E-state index < -0.39 is 0 Å². The van der Waals surface area contributed by atoms with Crippen LogP contribution >= 0.6 is 15.9 Å². The zero-order chi connectivity index (χ0) is 10.3. The Bertz CT molecular complexity index is 518. The molecule has 0 spiro atoms. The standard InChI is InChI=1S/C9H8BrN3O/c1-5-9(6(2)14)13-4-7(10)11-3-8(13)12-5/h3-4H,1-2H3. The summed E-state index contributed by atoms with van der Waals surface area (Å²) in [5, 5.41) is 0. The molecular weight excluding hydrogens is 246 g/mol. The van der Waals surface area contributed by atoms with Gasteiger partial charge in [-0.2, -0.15) is 0 Å². The van der Waals surface area contributed by atoms with E-state index >= 15 is 0 Å². The summed E-state index contributed by atoms with van der Waals surface area (Å²) in [4.78, 5) is 19.6. The summed E-state index contributed by atoms with van der Waals surface area (Å²) >= 11 is 3.25. The highest BCUT2D eigenvalue weighted by atomic mass is 79.9. The topological polar surface area (TPSA) is 47.3 Å². The van der Waals surface area contributed by atoms with Gasteiger partial charge in [-0.1, -0.05) is 0 Å². The van der Waals surface area contributed by atoms with E-state index in [9.17, 15) is 4.79 Å². The van der Waals surface area contributed by atoms with Crippen LogP contribution in [0.4, 0.5) is 0 Å². The van der Waals surface area contributed by atoms with E-state index in [0.717, 1.165) is 5.69 Å². The van der Waals surface area contributed by atoms with Gasteiger partial charge in [0.05, 0.1) is 11.9 Å². The van der Waals surface area contributed by atoms with Crippen LogP contribution in [0, 0.1) is 6.92 Å². The van der Waals surface area contributed by atoms with Crippen molar-refractivity contribution in [3.8, 4) is 0 Å². The van der Waals surface area contributed by atoms with Crippen LogP contribution in [-0.2, 0) is 0 Å². The molecule has 5 heteroatoms. The summed E-state index contributed by atoms with van der Waals surface area (Å²) < 4.78 is 2.43. The Morgan fingerprint density at radius 1 is 1.57 bits per heavy atom. The molecule has 14 heavy (non-hydrogen) atoms. The Balaban J connectivity index is 2.86. The number of ketones is 1. The molecule has 0 aliphatic carbocycles. The number of fused-ring (bicyclic) bond motifs is 1. The maximum absolute atomic E-state index is 11.4. The predicted octanol–water partition coefficient (Wildman–Crippen LogP) is 2.00. The lowest BCUT2D eigenvalue weighted by atomic mass is 10.2. The Morgan fingerprint density at radius 2 is 2.29 bits per heavy atom. The lowest BCUT2D eigenvalue weighted by Gasteiger charge is -1.97. The molecule has 2 aromatic heterocycles. The molecule has 2 aromatic rings. The van der Waals surface area contributed by atoms with E-state index in [-0.39, 0.29) is 5.78 Å². The third kappa shape index (κ3) is 1.33. The first-order valence-electron chi connectivity index (χ1n) is 4.10. The quantitative estimate of drug-likeness (QED) is 0.731. The maximum Gasteiger partial charge on any atom is 0.178 e. The zero-order valence-electron chi connectivity index (χ0n) is 7.78. The van der Waals surface area contributed by atoms with Crippen LogP contribution in [0.1, 0.15) is 23.1 Å². The molecule has 0 bridgehead atoms. The van der Waals surface area contributed by atoms with Crippen LogP contribution in [0.5, 0.6) is 0 Å². The Hall–Kier alpha value is -1.23. The van der Waals surface area contributed by atoms with Gasteiger partial charge in [0.15, 0.2) is 11.4 Å². The fraction of sp³-hybridized carbons (Fsp3) is 0.222. The molecular formula is C9H8BrN3O. The van der Waals surface area contributed by atoms with Crippen molar-refractivity contribution in [3.05, 3.63) is 28.4 Å². The first-order valence-corrected chi connectivity index (χ1v) is 4.90. The molecule has 0 saturated heterocycles. The lowest BCUT2D eigenvalue weighted by Crippen LogP contribution is -2.00. The Morgan fingerprint density at radius 3 is 2.93 bits per heavy atom. The van der Waals surface area contributed by atoms with Crippen molar-refractivity contribution >= 4 is 27.4 Å². The number of carbonyl (C=O) groups excluding carboxylic acids is 1. The van der Waals surface area contributed by atoms with Gasteiger partial charge in [0, 0.05) is 13.1 Å². The number of hydrogen-bond acceptors (Lipinski definition) is 3. The van der Waals surface area contributed by atoms with Gasteiger partial charge in [-0.15, -0.1) is 0 Å². The highest BCUT2D eigenvalue weighted by Gasteiger charge is 2.12. The van der Waals surface area contributed by atoms with Crippen molar-refractivity contribution in [1.82, 2.24) is 14.4 Å². The number of hydrogen-bond donors (Lipinski definition) is 0. The fourth-order valence-electron chi connectivity index (χ4n) is 1.47. The molecule has 0 aromatic carbocycles. The molecule has 0 unspecified atom stereocenters. The SMILES string of the molecule is CC(=O)c1c(C)nc2cnc(Br)cn12. The summed E-state index contributed by atoms with van der Waals surface area (Å²) in [6.45, 7) is 3.35. The second-order valence-electron chi connectivity index (χ2n) is 3.04. The van der Waals surface area contributed by atoms with Crippen molar-refractivity contribution in [3.63, 3.8) is 0 Å². The first-order chi connectivity index (χ1) is 6.59. The minimum absolute atomic E-state index is 0.00750. The number of imidazole rings is 1. The van der Waals surface area contributed by atoms with Crippen molar-refractivity contribution in [2.24, 2.45) is 0 Å². The van der Waals surface area contributed by atoms with Crippen molar-refractivity contribution in [1.29, 1.82) is 0 Å². The Kier molecular flexibility index (Phi) is 2.11. The summed E-state index contributed by atoms with van der Waals surface area (Å²) in [7, 11) is 0. The average molecular weight is 254 g/mol. The molecule has 0 amide bonds. The minimum atomic E-state index is 0.00750. The Labute approximate surface area is 89.1 Å². The molecule has 0 aliphatic rings. The van der Waals surface area contributed by atoms with E-state index in [0.29, 0.717) is 15.9 Å². The normalized spacial score (nSPS) is 10.8. The van der Waals surface area contributed by atoms with Crippen LogP contribution in [0.15, 0.2) is 17.0 Å². The average Bonchev–Trinajstić information content (AvgIpc) is 2.40. The van der Waals surface area contributed by atoms with E-state index in [1.807, 2.05) is 6.92 Å². The number of carbonyl (C=O) groups is 1. The largest absolute Gasteiger partial charge is 0.293 e. The molecule has 0 atom stereocenters. The molecule has 2 heterocycles. The molecule has 0 fully saturated rings. The summed E-state index contributed by atoms with van der Waals surface area (Å²) in [6, 6.07) is 0. The van der Waals surface area contributed by atoms with Crippen molar-refractivity contribution < 1.29 is 4.79 Å². The van der Waals surface area contributed by atoms with Crippen molar-refractivity contribution in [2.45, 2.75) is 13.8 Å². The van der Waals surface area contributed by atoms with Crippen LogP contribution in [-0.4, -0.2) is 20.2 Å². The van der Waals surface area contributed by atoms with E-state index in [1.54, 1.807) is 16.8 Å². The second kappa shape index (κ2) is 3.16. The number of aryl methyl sites for hydroxylation is 1. The monoisotopic (exact) mass is 253 g/mol. The van der Waals surface area contributed by atoms with Gasteiger partial charge in [-0.05, 0) is 22.9 Å². The second-order valence-corrected chi connectivity index (χ2v) is 3.85. The van der Waals surface area contributed by atoms with Crippen LogP contribution in [0.3, 0.4) is 0 Å². The molecule has 4 nitrogen and oxygen atoms in total. The van der Waals surface area contributed by atoms with E-state index in [1.165, 1.54) is 6.92 Å². The molecule has 72 valence electrons. The van der Waals surface area contributed by atoms with E-state index in [4.69, 9.17) is 0 Å². The van der Waals surface area contributed by atoms with Gasteiger partial charge in [0.25, 0.3) is 0 Å².